The summed E-state index contributed by atoms with van der Waals surface area (Å²) in [6, 6.07) is 7.44. The van der Waals surface area contributed by atoms with Crippen LogP contribution in [0.5, 0.6) is 0 Å². The van der Waals surface area contributed by atoms with Crippen LogP contribution in [-0.4, -0.2) is 11.1 Å². The van der Waals surface area contributed by atoms with Gasteiger partial charge in [0.2, 0.25) is 0 Å². The van der Waals surface area contributed by atoms with Gasteiger partial charge >= 0.3 is 5.97 Å². The Balaban J connectivity index is 2.18. The van der Waals surface area contributed by atoms with Crippen LogP contribution in [0, 0.1) is 16.7 Å². The van der Waals surface area contributed by atoms with Crippen molar-refractivity contribution in [3.63, 3.8) is 0 Å². The number of benzene rings is 1. The fourth-order valence-electron chi connectivity index (χ4n) is 2.87. The standard InChI is InChI=1S/C13H10BrNO2/c14-8-1-2-9(11(16)17)10(5-8)13(7-15)6-12(13)3-4-12/h1-2,5H,3-4,6H2,(H,16,17). The summed E-state index contributed by atoms with van der Waals surface area (Å²) in [5.41, 5.74) is 0.481. The highest BCUT2D eigenvalue weighted by Crippen LogP contribution is 2.78. The van der Waals surface area contributed by atoms with E-state index in [9.17, 15) is 15.2 Å². The highest BCUT2D eigenvalue weighted by molar-refractivity contribution is 9.10. The van der Waals surface area contributed by atoms with Crippen LogP contribution in [0.4, 0.5) is 0 Å². The maximum Gasteiger partial charge on any atom is 0.336 e. The molecular weight excluding hydrogens is 282 g/mol. The molecule has 0 saturated heterocycles. The molecule has 2 saturated carbocycles. The molecule has 1 aromatic carbocycles. The van der Waals surface area contributed by atoms with E-state index in [4.69, 9.17) is 0 Å². The molecule has 1 N–H and O–H groups in total. The number of aromatic carboxylic acids is 1. The van der Waals surface area contributed by atoms with Gasteiger partial charge in [-0.1, -0.05) is 15.9 Å². The summed E-state index contributed by atoms with van der Waals surface area (Å²) in [7, 11) is 0. The van der Waals surface area contributed by atoms with E-state index in [0.29, 0.717) is 5.56 Å². The Hall–Kier alpha value is -1.34. The van der Waals surface area contributed by atoms with Crippen LogP contribution in [0.3, 0.4) is 0 Å². The Labute approximate surface area is 107 Å². The molecule has 86 valence electrons. The second kappa shape index (κ2) is 3.11. The van der Waals surface area contributed by atoms with Crippen molar-refractivity contribution in [1.29, 1.82) is 5.26 Å². The molecule has 0 radical (unpaired) electrons. The lowest BCUT2D eigenvalue weighted by Crippen LogP contribution is -2.14. The zero-order valence-electron chi connectivity index (χ0n) is 9.03. The van der Waals surface area contributed by atoms with Gasteiger partial charge in [-0.25, -0.2) is 4.79 Å². The van der Waals surface area contributed by atoms with Gasteiger partial charge in [-0.05, 0) is 48.4 Å². The number of nitriles is 1. The number of carbonyl (C=O) groups is 1. The Morgan fingerprint density at radius 3 is 2.65 bits per heavy atom. The van der Waals surface area contributed by atoms with Crippen LogP contribution in [0.25, 0.3) is 0 Å². The van der Waals surface area contributed by atoms with E-state index in [-0.39, 0.29) is 11.0 Å². The third-order valence-corrected chi connectivity index (χ3v) is 4.59. The zero-order chi connectivity index (χ0) is 12.3. The second-order valence-electron chi connectivity index (χ2n) is 4.97. The largest absolute Gasteiger partial charge is 0.478 e. The predicted molar refractivity (Wildman–Crippen MR) is 64.7 cm³/mol. The monoisotopic (exact) mass is 291 g/mol. The van der Waals surface area contributed by atoms with Crippen molar-refractivity contribution < 1.29 is 9.90 Å². The Morgan fingerprint density at radius 1 is 1.47 bits per heavy atom. The summed E-state index contributed by atoms with van der Waals surface area (Å²) in [5, 5.41) is 18.6. The number of rotatable bonds is 2. The molecule has 0 aromatic heterocycles. The molecule has 17 heavy (non-hydrogen) atoms. The van der Waals surface area contributed by atoms with Crippen molar-refractivity contribution in [2.75, 3.05) is 0 Å². The van der Waals surface area contributed by atoms with Crippen molar-refractivity contribution in [2.45, 2.75) is 24.7 Å². The third kappa shape index (κ3) is 1.29. The zero-order valence-corrected chi connectivity index (χ0v) is 10.6. The summed E-state index contributed by atoms with van der Waals surface area (Å²) in [6.07, 6.45) is 2.91. The van der Waals surface area contributed by atoms with Gasteiger partial charge in [-0.15, -0.1) is 0 Å². The lowest BCUT2D eigenvalue weighted by molar-refractivity contribution is 0.0695. The van der Waals surface area contributed by atoms with E-state index in [2.05, 4.69) is 22.0 Å². The molecule has 1 atom stereocenters. The molecule has 1 unspecified atom stereocenters. The molecule has 0 aliphatic heterocycles. The Morgan fingerprint density at radius 2 is 2.18 bits per heavy atom. The molecule has 0 amide bonds. The van der Waals surface area contributed by atoms with Crippen LogP contribution in [-0.2, 0) is 5.41 Å². The fraction of sp³-hybridized carbons (Fsp3) is 0.385. The molecule has 1 aromatic rings. The Bertz CT molecular complexity index is 571. The minimum atomic E-state index is -0.954. The molecular formula is C13H10BrNO2. The van der Waals surface area contributed by atoms with Gasteiger partial charge in [0.05, 0.1) is 17.0 Å². The molecule has 3 rings (SSSR count). The van der Waals surface area contributed by atoms with Gasteiger partial charge in [0.1, 0.15) is 0 Å². The van der Waals surface area contributed by atoms with Crippen molar-refractivity contribution >= 4 is 21.9 Å². The molecule has 0 bridgehead atoms. The van der Waals surface area contributed by atoms with Crippen LogP contribution in [0.15, 0.2) is 22.7 Å². The third-order valence-electron chi connectivity index (χ3n) is 4.10. The fourth-order valence-corrected chi connectivity index (χ4v) is 3.23. The first-order chi connectivity index (χ1) is 8.05. The normalized spacial score (nSPS) is 27.5. The average Bonchev–Trinajstić information content (AvgIpc) is 3.18. The predicted octanol–water partition coefficient (Wildman–Crippen LogP) is 3.09. The lowest BCUT2D eigenvalue weighted by Gasteiger charge is -2.12. The molecule has 4 heteroatoms. The van der Waals surface area contributed by atoms with Crippen LogP contribution >= 0.6 is 15.9 Å². The summed E-state index contributed by atoms with van der Waals surface area (Å²) >= 11 is 3.35. The number of hydrogen-bond acceptors (Lipinski definition) is 2. The second-order valence-corrected chi connectivity index (χ2v) is 5.88. The Kier molecular flexibility index (Phi) is 1.97. The quantitative estimate of drug-likeness (QED) is 0.911. The van der Waals surface area contributed by atoms with Crippen molar-refractivity contribution in [3.8, 4) is 6.07 Å². The summed E-state index contributed by atoms with van der Waals surface area (Å²) in [5.74, 6) is -0.954. The van der Waals surface area contributed by atoms with Crippen molar-refractivity contribution in [3.05, 3.63) is 33.8 Å². The molecule has 3 nitrogen and oxygen atoms in total. The highest BCUT2D eigenvalue weighted by atomic mass is 79.9. The average molecular weight is 292 g/mol. The summed E-state index contributed by atoms with van der Waals surface area (Å²) < 4.78 is 0.829. The van der Waals surface area contributed by atoms with E-state index < -0.39 is 11.4 Å². The molecule has 2 fully saturated rings. The van der Waals surface area contributed by atoms with Gasteiger partial charge in [-0.2, -0.15) is 5.26 Å². The van der Waals surface area contributed by atoms with Gasteiger partial charge in [0.15, 0.2) is 0 Å². The molecule has 0 heterocycles. The van der Waals surface area contributed by atoms with Gasteiger partial charge < -0.3 is 5.11 Å². The number of carboxylic acid groups (broad SMARTS) is 1. The number of halogens is 1. The van der Waals surface area contributed by atoms with Crippen LogP contribution in [0.1, 0.15) is 35.2 Å². The summed E-state index contributed by atoms with van der Waals surface area (Å²) in [6.45, 7) is 0. The first kappa shape index (κ1) is 10.8. The summed E-state index contributed by atoms with van der Waals surface area (Å²) in [4.78, 5) is 11.2. The smallest absolute Gasteiger partial charge is 0.336 e. The maximum absolute atomic E-state index is 11.2. The van der Waals surface area contributed by atoms with Gasteiger partial charge in [-0.3, -0.25) is 0 Å². The molecule has 1 spiro atoms. The van der Waals surface area contributed by atoms with E-state index in [1.165, 1.54) is 0 Å². The number of nitrogens with zero attached hydrogens (tertiary/aromatic N) is 1. The lowest BCUT2D eigenvalue weighted by atomic mass is 9.89. The van der Waals surface area contributed by atoms with E-state index in [1.54, 1.807) is 18.2 Å². The molecule has 2 aliphatic carbocycles. The van der Waals surface area contributed by atoms with E-state index in [1.807, 2.05) is 0 Å². The van der Waals surface area contributed by atoms with E-state index in [0.717, 1.165) is 23.7 Å². The topological polar surface area (TPSA) is 61.1 Å². The maximum atomic E-state index is 11.2. The minimum Gasteiger partial charge on any atom is -0.478 e. The first-order valence-corrected chi connectivity index (χ1v) is 6.29. The number of carboxylic acids is 1. The van der Waals surface area contributed by atoms with Gasteiger partial charge in [0, 0.05) is 4.47 Å². The number of hydrogen-bond donors (Lipinski definition) is 1. The SMILES string of the molecule is N#CC1(c2cc(Br)ccc2C(=O)O)CC12CC2. The van der Waals surface area contributed by atoms with Crippen molar-refractivity contribution in [1.82, 2.24) is 0 Å². The van der Waals surface area contributed by atoms with E-state index >= 15 is 0 Å². The van der Waals surface area contributed by atoms with Crippen molar-refractivity contribution in [2.24, 2.45) is 5.41 Å². The molecule has 2 aliphatic rings. The first-order valence-electron chi connectivity index (χ1n) is 5.49. The highest BCUT2D eigenvalue weighted by Gasteiger charge is 2.76. The minimum absolute atomic E-state index is 0.0900. The van der Waals surface area contributed by atoms with Gasteiger partial charge in [0.25, 0.3) is 0 Å². The van der Waals surface area contributed by atoms with Crippen LogP contribution in [0.2, 0.25) is 0 Å². The van der Waals surface area contributed by atoms with Crippen LogP contribution < -0.4 is 0 Å².